The first-order valence-electron chi connectivity index (χ1n) is 4.68. The summed E-state index contributed by atoms with van der Waals surface area (Å²) in [6.45, 7) is 0. The van der Waals surface area contributed by atoms with Gasteiger partial charge in [-0.2, -0.15) is 0 Å². The average molecular weight is 256 g/mol. The van der Waals surface area contributed by atoms with Gasteiger partial charge in [-0.25, -0.2) is 4.39 Å². The van der Waals surface area contributed by atoms with Crippen LogP contribution in [0.5, 0.6) is 0 Å². The van der Waals surface area contributed by atoms with Crippen LogP contribution in [0.15, 0.2) is 36.5 Å². The predicted octanol–water partition coefficient (Wildman–Crippen LogP) is 4.28. The molecule has 0 N–H and O–H groups in total. The molecule has 0 aliphatic carbocycles. The van der Waals surface area contributed by atoms with E-state index in [1.54, 1.807) is 30.5 Å². The van der Waals surface area contributed by atoms with Crippen LogP contribution in [-0.4, -0.2) is 4.98 Å². The van der Waals surface area contributed by atoms with Gasteiger partial charge in [-0.3, -0.25) is 4.98 Å². The number of rotatable bonds is 2. The lowest BCUT2D eigenvalue weighted by Crippen LogP contribution is -1.91. The molecule has 1 aromatic heterocycles. The Morgan fingerprint density at radius 3 is 2.62 bits per heavy atom. The second kappa shape index (κ2) is 4.81. The van der Waals surface area contributed by atoms with E-state index in [2.05, 4.69) is 4.98 Å². The van der Waals surface area contributed by atoms with Gasteiger partial charge < -0.3 is 0 Å². The van der Waals surface area contributed by atoms with Crippen molar-refractivity contribution in [2.24, 2.45) is 0 Å². The van der Waals surface area contributed by atoms with Crippen molar-refractivity contribution in [1.82, 2.24) is 4.98 Å². The molecule has 0 bridgehead atoms. The second-order valence-electron chi connectivity index (χ2n) is 3.25. The van der Waals surface area contributed by atoms with E-state index >= 15 is 0 Å². The molecule has 82 valence electrons. The number of benzene rings is 1. The summed E-state index contributed by atoms with van der Waals surface area (Å²) < 4.78 is 13.6. The van der Waals surface area contributed by atoms with Gasteiger partial charge in [-0.15, -0.1) is 11.6 Å². The fourth-order valence-electron chi connectivity index (χ4n) is 1.43. The summed E-state index contributed by atoms with van der Waals surface area (Å²) in [6.07, 6.45) is 1.57. The maximum absolute atomic E-state index is 13.6. The maximum atomic E-state index is 13.6. The Balaban J connectivity index is 2.61. The Morgan fingerprint density at radius 2 is 1.94 bits per heavy atom. The number of alkyl halides is 1. The Labute approximate surface area is 103 Å². The standard InChI is InChI=1S/C12H8Cl2FN/c13-7-8-5-6-16-12(11(8)14)9-3-1-2-4-10(9)15/h1-6H,7H2. The summed E-state index contributed by atoms with van der Waals surface area (Å²) in [5.41, 5.74) is 1.56. The SMILES string of the molecule is Fc1ccccc1-c1nccc(CCl)c1Cl. The summed E-state index contributed by atoms with van der Waals surface area (Å²) in [5, 5.41) is 0.405. The highest BCUT2D eigenvalue weighted by atomic mass is 35.5. The number of pyridine rings is 1. The molecule has 0 saturated heterocycles. The highest BCUT2D eigenvalue weighted by molar-refractivity contribution is 6.34. The van der Waals surface area contributed by atoms with E-state index in [1.165, 1.54) is 6.07 Å². The van der Waals surface area contributed by atoms with Crippen molar-refractivity contribution in [3.63, 3.8) is 0 Å². The topological polar surface area (TPSA) is 12.9 Å². The van der Waals surface area contributed by atoms with Crippen LogP contribution in [0.1, 0.15) is 5.56 Å². The molecular formula is C12H8Cl2FN. The van der Waals surface area contributed by atoms with E-state index in [0.29, 0.717) is 16.3 Å². The minimum atomic E-state index is -0.344. The van der Waals surface area contributed by atoms with Crippen LogP contribution in [0.4, 0.5) is 4.39 Å². The third-order valence-electron chi connectivity index (χ3n) is 2.24. The maximum Gasteiger partial charge on any atom is 0.132 e. The summed E-state index contributed by atoms with van der Waals surface area (Å²) in [5.74, 6) is -0.0633. The molecule has 2 rings (SSSR count). The third-order valence-corrected chi connectivity index (χ3v) is 2.95. The van der Waals surface area contributed by atoms with Crippen LogP contribution in [-0.2, 0) is 5.88 Å². The van der Waals surface area contributed by atoms with Crippen molar-refractivity contribution < 1.29 is 4.39 Å². The van der Waals surface area contributed by atoms with Gasteiger partial charge in [-0.05, 0) is 23.8 Å². The number of aromatic nitrogens is 1. The Hall–Kier alpha value is -1.12. The fraction of sp³-hybridized carbons (Fsp3) is 0.0833. The first-order valence-corrected chi connectivity index (χ1v) is 5.59. The Bertz CT molecular complexity index is 514. The van der Waals surface area contributed by atoms with Gasteiger partial charge in [0.05, 0.1) is 10.7 Å². The molecule has 0 radical (unpaired) electrons. The van der Waals surface area contributed by atoms with Gasteiger partial charge >= 0.3 is 0 Å². The van der Waals surface area contributed by atoms with E-state index in [9.17, 15) is 4.39 Å². The van der Waals surface area contributed by atoms with Crippen LogP contribution in [0.3, 0.4) is 0 Å². The lowest BCUT2D eigenvalue weighted by atomic mass is 10.1. The molecule has 0 fully saturated rings. The van der Waals surface area contributed by atoms with E-state index in [1.807, 2.05) is 0 Å². The summed E-state index contributed by atoms with van der Waals surface area (Å²) in [6, 6.07) is 8.10. The lowest BCUT2D eigenvalue weighted by Gasteiger charge is -2.07. The van der Waals surface area contributed by atoms with Crippen molar-refractivity contribution in [2.75, 3.05) is 0 Å². The number of halogens is 3. The van der Waals surface area contributed by atoms with Crippen molar-refractivity contribution in [2.45, 2.75) is 5.88 Å². The van der Waals surface area contributed by atoms with Gasteiger partial charge in [-0.1, -0.05) is 23.7 Å². The Morgan fingerprint density at radius 1 is 1.19 bits per heavy atom. The fourth-order valence-corrected chi connectivity index (χ4v) is 2.00. The molecule has 0 unspecified atom stereocenters. The molecule has 1 heterocycles. The zero-order valence-corrected chi connectivity index (χ0v) is 9.76. The molecule has 1 nitrogen and oxygen atoms in total. The molecule has 0 saturated carbocycles. The molecule has 0 atom stereocenters. The van der Waals surface area contributed by atoms with Crippen LogP contribution >= 0.6 is 23.2 Å². The highest BCUT2D eigenvalue weighted by Crippen LogP contribution is 2.30. The highest BCUT2D eigenvalue weighted by Gasteiger charge is 2.12. The number of hydrogen-bond donors (Lipinski definition) is 0. The molecule has 0 aliphatic rings. The summed E-state index contributed by atoms with van der Waals surface area (Å²) >= 11 is 11.8. The van der Waals surface area contributed by atoms with E-state index < -0.39 is 0 Å². The molecule has 0 aliphatic heterocycles. The predicted molar refractivity (Wildman–Crippen MR) is 64.2 cm³/mol. The zero-order chi connectivity index (χ0) is 11.5. The van der Waals surface area contributed by atoms with E-state index in [-0.39, 0.29) is 11.7 Å². The lowest BCUT2D eigenvalue weighted by molar-refractivity contribution is 0.630. The average Bonchev–Trinajstić information content (AvgIpc) is 2.31. The molecule has 0 spiro atoms. The minimum Gasteiger partial charge on any atom is -0.255 e. The van der Waals surface area contributed by atoms with Crippen molar-refractivity contribution in [3.8, 4) is 11.3 Å². The van der Waals surface area contributed by atoms with Crippen molar-refractivity contribution in [3.05, 3.63) is 52.9 Å². The molecule has 4 heteroatoms. The largest absolute Gasteiger partial charge is 0.255 e. The van der Waals surface area contributed by atoms with Crippen LogP contribution in [0.25, 0.3) is 11.3 Å². The van der Waals surface area contributed by atoms with Crippen molar-refractivity contribution in [1.29, 1.82) is 0 Å². The van der Waals surface area contributed by atoms with Gasteiger partial charge in [0.15, 0.2) is 0 Å². The van der Waals surface area contributed by atoms with Crippen LogP contribution in [0, 0.1) is 5.82 Å². The minimum absolute atomic E-state index is 0.281. The molecule has 16 heavy (non-hydrogen) atoms. The summed E-state index contributed by atoms with van der Waals surface area (Å²) in [4.78, 5) is 4.09. The normalized spacial score (nSPS) is 10.4. The van der Waals surface area contributed by atoms with E-state index in [4.69, 9.17) is 23.2 Å². The summed E-state index contributed by atoms with van der Waals surface area (Å²) in [7, 11) is 0. The molecule has 2 aromatic rings. The van der Waals surface area contributed by atoms with Gasteiger partial charge in [0.25, 0.3) is 0 Å². The zero-order valence-electron chi connectivity index (χ0n) is 8.25. The smallest absolute Gasteiger partial charge is 0.132 e. The number of nitrogens with zero attached hydrogens (tertiary/aromatic N) is 1. The quantitative estimate of drug-likeness (QED) is 0.731. The monoisotopic (exact) mass is 255 g/mol. The van der Waals surface area contributed by atoms with Crippen LogP contribution < -0.4 is 0 Å². The molecular weight excluding hydrogens is 248 g/mol. The van der Waals surface area contributed by atoms with Gasteiger partial charge in [0.1, 0.15) is 5.82 Å². The van der Waals surface area contributed by atoms with E-state index in [0.717, 1.165) is 5.56 Å². The number of hydrogen-bond acceptors (Lipinski definition) is 1. The second-order valence-corrected chi connectivity index (χ2v) is 3.89. The first kappa shape index (κ1) is 11.4. The first-order chi connectivity index (χ1) is 7.74. The van der Waals surface area contributed by atoms with Gasteiger partial charge in [0, 0.05) is 17.6 Å². The Kier molecular flexibility index (Phi) is 3.42. The van der Waals surface area contributed by atoms with Crippen LogP contribution in [0.2, 0.25) is 5.02 Å². The van der Waals surface area contributed by atoms with Gasteiger partial charge in [0.2, 0.25) is 0 Å². The molecule has 0 amide bonds. The molecule has 1 aromatic carbocycles. The van der Waals surface area contributed by atoms with Crippen molar-refractivity contribution >= 4 is 23.2 Å². The third kappa shape index (κ3) is 2.04.